The first-order valence-corrected chi connectivity index (χ1v) is 20.4. The van der Waals surface area contributed by atoms with Crippen LogP contribution in [0.5, 0.6) is 0 Å². The molecule has 0 aliphatic heterocycles. The molecule has 4 heteroatoms. The van der Waals surface area contributed by atoms with Crippen LogP contribution in [0.1, 0.15) is 128 Å². The summed E-state index contributed by atoms with van der Waals surface area (Å²) in [5.74, 6) is 0.520. The van der Waals surface area contributed by atoms with Crippen LogP contribution in [0.2, 0.25) is 0 Å². The van der Waals surface area contributed by atoms with Gasteiger partial charge in [0.15, 0.2) is 0 Å². The molecule has 0 saturated heterocycles. The molecule has 0 amide bonds. The molecule has 0 N–H and O–H groups in total. The van der Waals surface area contributed by atoms with Gasteiger partial charge in [-0.05, 0) is 128 Å². The van der Waals surface area contributed by atoms with Gasteiger partial charge in [0.25, 0.3) is 0 Å². The third-order valence-electron chi connectivity index (χ3n) is 12.0. The van der Waals surface area contributed by atoms with Gasteiger partial charge in [0.2, 0.25) is 0 Å². The maximum Gasteiger partial charge on any atom is 0.118 e. The number of halogens is 2. The Balaban J connectivity index is 0.00000448. The van der Waals surface area contributed by atoms with Gasteiger partial charge >= 0.3 is 0 Å². The number of rotatable bonds is 5. The van der Waals surface area contributed by atoms with Gasteiger partial charge in [-0.15, -0.1) is 23.2 Å². The first-order chi connectivity index (χ1) is 23.6. The fourth-order valence-corrected chi connectivity index (χ4v) is 12.2. The third-order valence-corrected chi connectivity index (χ3v) is 15.5. The predicted octanol–water partition coefficient (Wildman–Crippen LogP) is 14.0. The average Bonchev–Trinajstić information content (AvgIpc) is 3.43. The number of benzene rings is 4. The van der Waals surface area contributed by atoms with Crippen molar-refractivity contribution in [3.05, 3.63) is 129 Å². The minimum absolute atomic E-state index is 0. The Morgan fingerprint density at radius 1 is 0.569 bits per heavy atom. The molecule has 0 aromatic heterocycles. The second kappa shape index (κ2) is 14.0. The Bertz CT molecular complexity index is 2020. The normalized spacial score (nSPS) is 22.3. The molecular weight excluding hydrogens is 755 g/mol. The molecule has 1 fully saturated rings. The van der Waals surface area contributed by atoms with E-state index in [0.29, 0.717) is 5.92 Å². The zero-order chi connectivity index (χ0) is 35.8. The van der Waals surface area contributed by atoms with Crippen LogP contribution < -0.4 is 0 Å². The van der Waals surface area contributed by atoms with Crippen LogP contribution in [0.4, 0.5) is 0 Å². The number of hydrogen-bond donors (Lipinski definition) is 0. The van der Waals surface area contributed by atoms with Gasteiger partial charge in [0.1, 0.15) is 9.52 Å². The van der Waals surface area contributed by atoms with Crippen molar-refractivity contribution in [2.75, 3.05) is 0 Å². The maximum atomic E-state index is 8.22. The minimum atomic E-state index is -0.701. The molecule has 3 aliphatic carbocycles. The number of allylic oxidation sites excluding steroid dienone is 4. The van der Waals surface area contributed by atoms with Crippen LogP contribution in [0.25, 0.3) is 33.4 Å². The Hall–Kier alpha value is -1.96. The molecule has 1 saturated carbocycles. The third kappa shape index (κ3) is 6.62. The zero-order valence-corrected chi connectivity index (χ0v) is 36.9. The number of fused-ring (bicyclic) bond motifs is 2. The van der Waals surface area contributed by atoms with E-state index in [2.05, 4.69) is 147 Å². The van der Waals surface area contributed by atoms with Crippen molar-refractivity contribution >= 4 is 43.9 Å². The van der Waals surface area contributed by atoms with E-state index in [1.165, 1.54) is 110 Å². The summed E-state index contributed by atoms with van der Waals surface area (Å²) < 4.78 is -1.40. The first kappa shape index (κ1) is 38.8. The van der Waals surface area contributed by atoms with Crippen LogP contribution in [0, 0.1) is 5.92 Å². The molecule has 0 bridgehead atoms. The van der Waals surface area contributed by atoms with Gasteiger partial charge < -0.3 is 0 Å². The van der Waals surface area contributed by atoms with E-state index in [4.69, 9.17) is 23.2 Å². The van der Waals surface area contributed by atoms with Crippen molar-refractivity contribution in [2.45, 2.75) is 114 Å². The molecule has 2 unspecified atom stereocenters. The second-order valence-corrected chi connectivity index (χ2v) is 20.7. The summed E-state index contributed by atoms with van der Waals surface area (Å²) >= 11 is 16.3. The number of hydrogen-bond acceptors (Lipinski definition) is 0. The fraction of sp³-hybridized carbons (Fsp3) is 0.404. The molecule has 2 radical (unpaired) electrons. The van der Waals surface area contributed by atoms with Crippen molar-refractivity contribution in [3.8, 4) is 22.3 Å². The van der Waals surface area contributed by atoms with Crippen molar-refractivity contribution in [3.63, 3.8) is 0 Å². The Kier molecular flexibility index (Phi) is 10.7. The van der Waals surface area contributed by atoms with Gasteiger partial charge in [-0.2, -0.15) is 0 Å². The minimum Gasteiger partial charge on any atom is -0.114 e. The van der Waals surface area contributed by atoms with Crippen LogP contribution >= 0.6 is 23.2 Å². The van der Waals surface area contributed by atoms with E-state index in [9.17, 15) is 0 Å². The fourth-order valence-electron chi connectivity index (χ4n) is 8.84. The average molecular weight is 807 g/mol. The van der Waals surface area contributed by atoms with E-state index in [1.54, 1.807) is 0 Å². The van der Waals surface area contributed by atoms with Gasteiger partial charge in [0.05, 0.1) is 8.99 Å². The van der Waals surface area contributed by atoms with Crippen molar-refractivity contribution in [2.24, 2.45) is 5.92 Å². The molecule has 262 valence electrons. The van der Waals surface area contributed by atoms with Crippen LogP contribution in [-0.2, 0) is 46.0 Å². The Morgan fingerprint density at radius 2 is 1.00 bits per heavy atom. The van der Waals surface area contributed by atoms with Crippen molar-refractivity contribution in [1.29, 1.82) is 0 Å². The SMILES string of the molecule is CC1=C(C)C(Cl)([Si]C2(Cl)C(C)=C(C3CCCCC3)c3c(-c4ccc(C(C)(C)C)cc4)cccc32)c2cccc(-c3ccc(C(C)(C)C)cc3)c21.[Zr]. The van der Waals surface area contributed by atoms with E-state index in [1.807, 2.05) is 0 Å². The summed E-state index contributed by atoms with van der Waals surface area (Å²) in [6.07, 6.45) is 6.34. The summed E-state index contributed by atoms with van der Waals surface area (Å²) in [6, 6.07) is 31.9. The van der Waals surface area contributed by atoms with E-state index in [-0.39, 0.29) is 46.6 Å². The molecule has 0 heterocycles. The summed E-state index contributed by atoms with van der Waals surface area (Å²) in [5, 5.41) is 0. The van der Waals surface area contributed by atoms with Crippen LogP contribution in [-0.4, -0.2) is 9.52 Å². The summed E-state index contributed by atoms with van der Waals surface area (Å²) in [5.41, 5.74) is 18.3. The zero-order valence-electron chi connectivity index (χ0n) is 32.0. The molecule has 0 nitrogen and oxygen atoms in total. The Morgan fingerprint density at radius 3 is 1.47 bits per heavy atom. The molecule has 2 atom stereocenters. The van der Waals surface area contributed by atoms with E-state index < -0.39 is 8.99 Å². The number of alkyl halides is 2. The smallest absolute Gasteiger partial charge is 0.114 e. The quantitative estimate of drug-likeness (QED) is 0.139. The molecule has 51 heavy (non-hydrogen) atoms. The van der Waals surface area contributed by atoms with E-state index >= 15 is 0 Å². The van der Waals surface area contributed by atoms with Crippen LogP contribution in [0.3, 0.4) is 0 Å². The van der Waals surface area contributed by atoms with Crippen LogP contribution in [0.15, 0.2) is 96.1 Å². The van der Waals surface area contributed by atoms with Crippen molar-refractivity contribution in [1.82, 2.24) is 0 Å². The molecule has 4 aromatic carbocycles. The van der Waals surface area contributed by atoms with Gasteiger partial charge in [0, 0.05) is 26.2 Å². The molecule has 4 aromatic rings. The van der Waals surface area contributed by atoms with Gasteiger partial charge in [-0.1, -0.05) is 146 Å². The Labute approximate surface area is 339 Å². The summed E-state index contributed by atoms with van der Waals surface area (Å²) in [7, 11) is 0.230. The molecule has 7 rings (SSSR count). The summed E-state index contributed by atoms with van der Waals surface area (Å²) in [4.78, 5) is 0. The summed E-state index contributed by atoms with van der Waals surface area (Å²) in [6.45, 7) is 20.5. The predicted molar refractivity (Wildman–Crippen MR) is 219 cm³/mol. The first-order valence-electron chi connectivity index (χ1n) is 18.6. The largest absolute Gasteiger partial charge is 0.118 e. The molecule has 3 aliphatic rings. The standard InChI is InChI=1S/C47H52Cl2Si.Zr/c1-29-30(2)46(48,39-19-13-17-37(41(29)39)32-21-25-35(26-22-32)44(4,5)6)50-47(49)31(3)42(34-15-11-10-12-16-34)43-38(18-14-20-40(43)47)33-23-27-36(28-24-33)45(7,8)9;/h13-14,17-28,34H,10-12,15-16H2,1-9H3;. The maximum absolute atomic E-state index is 8.22. The van der Waals surface area contributed by atoms with Gasteiger partial charge in [-0.3, -0.25) is 0 Å². The molecule has 0 spiro atoms. The monoisotopic (exact) mass is 804 g/mol. The second-order valence-electron chi connectivity index (χ2n) is 17.2. The molecular formula is C47H52Cl2SiZr. The van der Waals surface area contributed by atoms with E-state index in [0.717, 1.165) is 0 Å². The topological polar surface area (TPSA) is 0 Å². The van der Waals surface area contributed by atoms with Gasteiger partial charge in [-0.25, -0.2) is 0 Å². The van der Waals surface area contributed by atoms with Crippen molar-refractivity contribution < 1.29 is 26.2 Å².